The molecule has 2 aromatic rings. The van der Waals surface area contributed by atoms with E-state index in [1.54, 1.807) is 26.2 Å². The first-order valence-electron chi connectivity index (χ1n) is 9.34. The summed E-state index contributed by atoms with van der Waals surface area (Å²) >= 11 is 0. The Hall–Kier alpha value is -3.02. The number of methoxy groups -OCH3 is 1. The lowest BCUT2D eigenvalue weighted by Gasteiger charge is -2.28. The van der Waals surface area contributed by atoms with Crippen LogP contribution in [0.15, 0.2) is 48.5 Å². The smallest absolute Gasteiger partial charge is 0.261 e. The molecule has 0 aliphatic rings. The van der Waals surface area contributed by atoms with E-state index in [0.717, 1.165) is 11.1 Å². The SMILES string of the molecule is CCNC(=O)C(C)N(Cc1cccc(C)c1)C(=O)COc1ccccc1OC. The van der Waals surface area contributed by atoms with Crippen LogP contribution in [-0.2, 0) is 16.1 Å². The zero-order chi connectivity index (χ0) is 20.5. The highest BCUT2D eigenvalue weighted by Gasteiger charge is 2.26. The lowest BCUT2D eigenvalue weighted by molar-refractivity contribution is -0.142. The van der Waals surface area contributed by atoms with Crippen LogP contribution in [0.1, 0.15) is 25.0 Å². The molecule has 2 amide bonds. The molecule has 0 heterocycles. The third kappa shape index (κ3) is 5.74. The van der Waals surface area contributed by atoms with Crippen molar-refractivity contribution in [2.45, 2.75) is 33.4 Å². The van der Waals surface area contributed by atoms with E-state index in [2.05, 4.69) is 5.32 Å². The molecular formula is C22H28N2O4. The standard InChI is InChI=1S/C22H28N2O4/c1-5-23-22(26)17(3)24(14-18-10-8-9-16(2)13-18)21(25)15-28-20-12-7-6-11-19(20)27-4/h6-13,17H,5,14-15H2,1-4H3,(H,23,26). The number of aryl methyl sites for hydroxylation is 1. The molecule has 6 heteroatoms. The van der Waals surface area contributed by atoms with Crippen molar-refractivity contribution in [3.05, 3.63) is 59.7 Å². The first kappa shape index (κ1) is 21.3. The summed E-state index contributed by atoms with van der Waals surface area (Å²) < 4.78 is 10.9. The number of nitrogens with zero attached hydrogens (tertiary/aromatic N) is 1. The van der Waals surface area contributed by atoms with Crippen LogP contribution in [-0.4, -0.2) is 43.0 Å². The van der Waals surface area contributed by atoms with E-state index in [1.165, 1.54) is 4.90 Å². The summed E-state index contributed by atoms with van der Waals surface area (Å²) in [5, 5.41) is 2.78. The van der Waals surface area contributed by atoms with Gasteiger partial charge in [0.15, 0.2) is 18.1 Å². The third-order valence-electron chi connectivity index (χ3n) is 4.37. The summed E-state index contributed by atoms with van der Waals surface area (Å²) in [5.41, 5.74) is 2.06. The Morgan fingerprint density at radius 3 is 2.46 bits per heavy atom. The van der Waals surface area contributed by atoms with E-state index in [9.17, 15) is 9.59 Å². The van der Waals surface area contributed by atoms with Gasteiger partial charge in [0.25, 0.3) is 5.91 Å². The van der Waals surface area contributed by atoms with Crippen molar-refractivity contribution in [2.75, 3.05) is 20.3 Å². The van der Waals surface area contributed by atoms with Gasteiger partial charge >= 0.3 is 0 Å². The Balaban J connectivity index is 2.16. The molecule has 6 nitrogen and oxygen atoms in total. The molecule has 0 radical (unpaired) electrons. The average Bonchev–Trinajstić information content (AvgIpc) is 2.70. The lowest BCUT2D eigenvalue weighted by atomic mass is 10.1. The van der Waals surface area contributed by atoms with E-state index < -0.39 is 6.04 Å². The average molecular weight is 384 g/mol. The minimum atomic E-state index is -0.616. The number of amides is 2. The Kier molecular flexibility index (Phi) is 7.87. The molecule has 0 saturated carbocycles. The molecule has 0 aliphatic heterocycles. The summed E-state index contributed by atoms with van der Waals surface area (Å²) in [6.45, 7) is 6.22. The Morgan fingerprint density at radius 1 is 1.11 bits per heavy atom. The molecule has 1 N–H and O–H groups in total. The van der Waals surface area contributed by atoms with Crippen molar-refractivity contribution < 1.29 is 19.1 Å². The second-order valence-corrected chi connectivity index (χ2v) is 6.52. The van der Waals surface area contributed by atoms with Crippen LogP contribution < -0.4 is 14.8 Å². The fraction of sp³-hybridized carbons (Fsp3) is 0.364. The predicted molar refractivity (Wildman–Crippen MR) is 108 cm³/mol. The molecule has 0 aromatic heterocycles. The van der Waals surface area contributed by atoms with Crippen LogP contribution >= 0.6 is 0 Å². The summed E-state index contributed by atoms with van der Waals surface area (Å²) in [5.74, 6) is 0.573. The molecule has 1 unspecified atom stereocenters. The topological polar surface area (TPSA) is 67.9 Å². The second kappa shape index (κ2) is 10.3. The predicted octanol–water partition coefficient (Wildman–Crippen LogP) is 2.94. The molecule has 0 fully saturated rings. The van der Waals surface area contributed by atoms with Crippen molar-refractivity contribution in [1.82, 2.24) is 10.2 Å². The highest BCUT2D eigenvalue weighted by molar-refractivity contribution is 5.87. The zero-order valence-electron chi connectivity index (χ0n) is 16.9. The summed E-state index contributed by atoms with van der Waals surface area (Å²) in [6, 6.07) is 14.4. The second-order valence-electron chi connectivity index (χ2n) is 6.52. The van der Waals surface area contributed by atoms with E-state index in [-0.39, 0.29) is 18.4 Å². The highest BCUT2D eigenvalue weighted by Crippen LogP contribution is 2.25. The number of carbonyl (C=O) groups excluding carboxylic acids is 2. The summed E-state index contributed by atoms with van der Waals surface area (Å²) in [6.07, 6.45) is 0. The van der Waals surface area contributed by atoms with Crippen molar-refractivity contribution in [3.63, 3.8) is 0 Å². The molecule has 0 spiro atoms. The Morgan fingerprint density at radius 2 is 1.82 bits per heavy atom. The maximum atomic E-state index is 12.9. The molecule has 150 valence electrons. The largest absolute Gasteiger partial charge is 0.493 e. The normalized spacial score (nSPS) is 11.4. The van der Waals surface area contributed by atoms with Gasteiger partial charge in [0.2, 0.25) is 5.91 Å². The van der Waals surface area contributed by atoms with Crippen LogP contribution in [0.25, 0.3) is 0 Å². The van der Waals surface area contributed by atoms with Crippen LogP contribution in [0.3, 0.4) is 0 Å². The zero-order valence-corrected chi connectivity index (χ0v) is 16.9. The third-order valence-corrected chi connectivity index (χ3v) is 4.37. The van der Waals surface area contributed by atoms with Crippen LogP contribution in [0.2, 0.25) is 0 Å². The molecule has 1 atom stereocenters. The quantitative estimate of drug-likeness (QED) is 0.722. The van der Waals surface area contributed by atoms with E-state index in [4.69, 9.17) is 9.47 Å². The van der Waals surface area contributed by atoms with Crippen LogP contribution in [0.4, 0.5) is 0 Å². The van der Waals surface area contributed by atoms with Gasteiger partial charge in [-0.3, -0.25) is 9.59 Å². The molecular weight excluding hydrogens is 356 g/mol. The van der Waals surface area contributed by atoms with Crippen molar-refractivity contribution in [2.24, 2.45) is 0 Å². The number of ether oxygens (including phenoxy) is 2. The summed E-state index contributed by atoms with van der Waals surface area (Å²) in [7, 11) is 1.55. The van der Waals surface area contributed by atoms with Crippen molar-refractivity contribution >= 4 is 11.8 Å². The van der Waals surface area contributed by atoms with Crippen LogP contribution in [0, 0.1) is 6.92 Å². The first-order chi connectivity index (χ1) is 13.5. The lowest BCUT2D eigenvalue weighted by Crippen LogP contribution is -2.49. The van der Waals surface area contributed by atoms with Gasteiger partial charge in [-0.15, -0.1) is 0 Å². The maximum absolute atomic E-state index is 12.9. The number of hydrogen-bond acceptors (Lipinski definition) is 4. The van der Waals surface area contributed by atoms with Crippen molar-refractivity contribution in [3.8, 4) is 11.5 Å². The molecule has 2 aromatic carbocycles. The van der Waals surface area contributed by atoms with Gasteiger partial charge in [-0.05, 0) is 38.5 Å². The maximum Gasteiger partial charge on any atom is 0.261 e. The van der Waals surface area contributed by atoms with Gasteiger partial charge in [-0.1, -0.05) is 42.0 Å². The molecule has 0 bridgehead atoms. The van der Waals surface area contributed by atoms with Crippen molar-refractivity contribution in [1.29, 1.82) is 0 Å². The van der Waals surface area contributed by atoms with Gasteiger partial charge in [0, 0.05) is 13.1 Å². The monoisotopic (exact) mass is 384 g/mol. The number of hydrogen-bond donors (Lipinski definition) is 1. The fourth-order valence-corrected chi connectivity index (χ4v) is 2.87. The van der Waals surface area contributed by atoms with Crippen LogP contribution in [0.5, 0.6) is 11.5 Å². The molecule has 28 heavy (non-hydrogen) atoms. The minimum absolute atomic E-state index is 0.185. The Bertz CT molecular complexity index is 807. The van der Waals surface area contributed by atoms with Gasteiger partial charge < -0.3 is 19.7 Å². The number of carbonyl (C=O) groups is 2. The number of para-hydroxylation sites is 2. The highest BCUT2D eigenvalue weighted by atomic mass is 16.5. The number of benzene rings is 2. The van der Waals surface area contributed by atoms with Gasteiger partial charge in [-0.2, -0.15) is 0 Å². The number of rotatable bonds is 9. The van der Waals surface area contributed by atoms with Gasteiger partial charge in [0.1, 0.15) is 6.04 Å². The Labute approximate surface area is 166 Å². The first-order valence-corrected chi connectivity index (χ1v) is 9.34. The van der Waals surface area contributed by atoms with E-state index >= 15 is 0 Å². The van der Waals surface area contributed by atoms with Gasteiger partial charge in [0.05, 0.1) is 7.11 Å². The number of likely N-dealkylation sites (N-methyl/N-ethyl adjacent to an activating group) is 1. The molecule has 0 aliphatic carbocycles. The van der Waals surface area contributed by atoms with E-state index in [0.29, 0.717) is 24.6 Å². The molecule has 2 rings (SSSR count). The molecule has 0 saturated heterocycles. The minimum Gasteiger partial charge on any atom is -0.493 e. The number of nitrogens with one attached hydrogen (secondary N) is 1. The van der Waals surface area contributed by atoms with E-state index in [1.807, 2.05) is 50.2 Å². The van der Waals surface area contributed by atoms with Gasteiger partial charge in [-0.25, -0.2) is 0 Å². The fourth-order valence-electron chi connectivity index (χ4n) is 2.87. The summed E-state index contributed by atoms with van der Waals surface area (Å²) in [4.78, 5) is 26.8.